The summed E-state index contributed by atoms with van der Waals surface area (Å²) in [6.07, 6.45) is 5.13. The number of anilines is 1. The number of pyridine rings is 2. The van der Waals surface area contributed by atoms with Crippen LogP contribution < -0.4 is 4.90 Å². The molecule has 0 amide bonds. The van der Waals surface area contributed by atoms with Crippen molar-refractivity contribution < 1.29 is 1.43 Å². The van der Waals surface area contributed by atoms with Crippen LogP contribution >= 0.6 is 0 Å². The van der Waals surface area contributed by atoms with Gasteiger partial charge in [0.15, 0.2) is 0 Å². The number of hydrogen-bond acceptors (Lipinski definition) is 4. The minimum absolute atomic E-state index is 0. The molecule has 28 heavy (non-hydrogen) atoms. The van der Waals surface area contributed by atoms with E-state index < -0.39 is 0 Å². The highest BCUT2D eigenvalue weighted by Gasteiger charge is 2.20. The first-order valence-electron chi connectivity index (χ1n) is 9.94. The standard InChI is InChI=1S/C24H24N4.H2/c1-27-13-15-28(16-14-27)24-17-19(11-12-25-24)20-7-10-23-21(20)8-9-22(26-23)18-5-3-2-4-6-18;/h2-9,11-12,17H,10,13-16H2,1H3;1H. The van der Waals surface area contributed by atoms with Crippen molar-refractivity contribution in [1.29, 1.82) is 0 Å². The van der Waals surface area contributed by atoms with Crippen LogP contribution in [0.4, 0.5) is 5.82 Å². The van der Waals surface area contributed by atoms with Crippen LogP contribution in [0.25, 0.3) is 16.8 Å². The lowest BCUT2D eigenvalue weighted by Gasteiger charge is -2.33. The third-order valence-electron chi connectivity index (χ3n) is 5.72. The van der Waals surface area contributed by atoms with Crippen LogP contribution in [0.2, 0.25) is 0 Å². The second-order valence-corrected chi connectivity index (χ2v) is 7.57. The van der Waals surface area contributed by atoms with Gasteiger partial charge in [-0.05, 0) is 36.4 Å². The fraction of sp³-hybridized carbons (Fsp3) is 0.250. The summed E-state index contributed by atoms with van der Waals surface area (Å²) in [5.74, 6) is 1.08. The third kappa shape index (κ3) is 3.20. The summed E-state index contributed by atoms with van der Waals surface area (Å²) in [5.41, 5.74) is 7.13. The van der Waals surface area contributed by atoms with E-state index in [1.807, 2.05) is 12.3 Å². The van der Waals surface area contributed by atoms with Gasteiger partial charge in [0.1, 0.15) is 5.82 Å². The molecule has 2 aliphatic rings. The fourth-order valence-corrected chi connectivity index (χ4v) is 4.05. The molecule has 4 heteroatoms. The Morgan fingerprint density at radius 1 is 0.893 bits per heavy atom. The molecule has 0 bridgehead atoms. The van der Waals surface area contributed by atoms with Gasteiger partial charge >= 0.3 is 0 Å². The summed E-state index contributed by atoms with van der Waals surface area (Å²) in [4.78, 5) is 14.3. The van der Waals surface area contributed by atoms with Crippen molar-refractivity contribution in [2.45, 2.75) is 6.42 Å². The summed E-state index contributed by atoms with van der Waals surface area (Å²) < 4.78 is 0. The van der Waals surface area contributed by atoms with E-state index >= 15 is 0 Å². The molecule has 1 saturated heterocycles. The average Bonchev–Trinajstić information content (AvgIpc) is 3.18. The van der Waals surface area contributed by atoms with Gasteiger partial charge in [-0.1, -0.05) is 42.5 Å². The van der Waals surface area contributed by atoms with Crippen molar-refractivity contribution in [2.75, 3.05) is 38.1 Å². The second-order valence-electron chi connectivity index (χ2n) is 7.57. The monoisotopic (exact) mass is 370 g/mol. The second kappa shape index (κ2) is 7.21. The lowest BCUT2D eigenvalue weighted by molar-refractivity contribution is 0.312. The maximum absolute atomic E-state index is 4.94. The molecule has 0 atom stereocenters. The van der Waals surface area contributed by atoms with Crippen molar-refractivity contribution in [1.82, 2.24) is 14.9 Å². The lowest BCUT2D eigenvalue weighted by Crippen LogP contribution is -2.44. The van der Waals surface area contributed by atoms with E-state index in [1.165, 1.54) is 22.3 Å². The Kier molecular flexibility index (Phi) is 4.41. The van der Waals surface area contributed by atoms with Gasteiger partial charge in [0.25, 0.3) is 0 Å². The van der Waals surface area contributed by atoms with E-state index in [2.05, 4.69) is 76.4 Å². The minimum atomic E-state index is 0. The Morgan fingerprint density at radius 2 is 1.71 bits per heavy atom. The van der Waals surface area contributed by atoms with Crippen LogP contribution in [-0.4, -0.2) is 48.1 Å². The Hall–Kier alpha value is -2.98. The Bertz CT molecular complexity index is 1020. The van der Waals surface area contributed by atoms with Gasteiger partial charge in [-0.15, -0.1) is 0 Å². The van der Waals surface area contributed by atoms with Gasteiger partial charge in [0, 0.05) is 51.4 Å². The van der Waals surface area contributed by atoms with Crippen LogP contribution in [0.3, 0.4) is 0 Å². The lowest BCUT2D eigenvalue weighted by atomic mass is 10.0. The molecule has 0 radical (unpaired) electrons. The molecule has 2 aromatic heterocycles. The fourth-order valence-electron chi connectivity index (χ4n) is 4.05. The predicted octanol–water partition coefficient (Wildman–Crippen LogP) is 4.13. The highest BCUT2D eigenvalue weighted by Crippen LogP contribution is 2.34. The van der Waals surface area contributed by atoms with Gasteiger partial charge < -0.3 is 9.80 Å². The Morgan fingerprint density at radius 3 is 2.54 bits per heavy atom. The van der Waals surface area contributed by atoms with Crippen LogP contribution in [0.15, 0.2) is 66.9 Å². The Labute approximate surface area is 167 Å². The summed E-state index contributed by atoms with van der Waals surface area (Å²) in [5, 5.41) is 0. The number of likely N-dealkylation sites (N-methyl/N-ethyl adjacent to an activating group) is 1. The number of piperazine rings is 1. The topological polar surface area (TPSA) is 32.3 Å². The van der Waals surface area contributed by atoms with Gasteiger partial charge in [0.05, 0.1) is 11.4 Å². The quantitative estimate of drug-likeness (QED) is 0.694. The zero-order valence-corrected chi connectivity index (χ0v) is 16.2. The molecule has 1 fully saturated rings. The summed E-state index contributed by atoms with van der Waals surface area (Å²) in [6.45, 7) is 4.24. The maximum Gasteiger partial charge on any atom is 0.129 e. The maximum atomic E-state index is 4.94. The van der Waals surface area contributed by atoms with Gasteiger partial charge in [-0.25, -0.2) is 4.98 Å². The summed E-state index contributed by atoms with van der Waals surface area (Å²) in [7, 11) is 2.18. The molecule has 1 aliphatic carbocycles. The number of allylic oxidation sites excluding steroid dienone is 1. The molecule has 1 aliphatic heterocycles. The number of hydrogen-bond donors (Lipinski definition) is 0. The van der Waals surface area contributed by atoms with E-state index in [9.17, 15) is 0 Å². The van der Waals surface area contributed by atoms with E-state index in [0.717, 1.165) is 49.8 Å². The first-order chi connectivity index (χ1) is 13.8. The van der Waals surface area contributed by atoms with Crippen molar-refractivity contribution in [3.05, 3.63) is 83.7 Å². The molecule has 1 aromatic carbocycles. The third-order valence-corrected chi connectivity index (χ3v) is 5.72. The van der Waals surface area contributed by atoms with Crippen LogP contribution in [0.5, 0.6) is 0 Å². The van der Waals surface area contributed by atoms with Crippen molar-refractivity contribution in [3.8, 4) is 11.3 Å². The molecule has 0 N–H and O–H groups in total. The van der Waals surface area contributed by atoms with E-state index in [-0.39, 0.29) is 1.43 Å². The number of rotatable bonds is 3. The normalized spacial score (nSPS) is 16.8. The van der Waals surface area contributed by atoms with Crippen LogP contribution in [0, 0.1) is 0 Å². The van der Waals surface area contributed by atoms with Gasteiger partial charge in [0.2, 0.25) is 0 Å². The highest BCUT2D eigenvalue weighted by atomic mass is 15.3. The first kappa shape index (κ1) is 17.1. The first-order valence-corrected chi connectivity index (χ1v) is 9.94. The predicted molar refractivity (Wildman–Crippen MR) is 117 cm³/mol. The molecule has 5 rings (SSSR count). The van der Waals surface area contributed by atoms with Crippen molar-refractivity contribution >= 4 is 11.4 Å². The van der Waals surface area contributed by atoms with Gasteiger partial charge in [-0.2, -0.15) is 0 Å². The number of nitrogens with zero attached hydrogens (tertiary/aromatic N) is 4. The van der Waals surface area contributed by atoms with Crippen LogP contribution in [-0.2, 0) is 6.42 Å². The molecular formula is C24H26N4. The molecule has 3 heterocycles. The van der Waals surface area contributed by atoms with Gasteiger partial charge in [-0.3, -0.25) is 4.98 Å². The average molecular weight is 371 g/mol. The SMILES string of the molecule is CN1CCN(c2cc(C3=CCc4nc(-c5ccccc5)ccc43)ccn2)CC1.[HH]. The largest absolute Gasteiger partial charge is 0.354 e. The summed E-state index contributed by atoms with van der Waals surface area (Å²) in [6, 6.07) is 19.1. The number of aromatic nitrogens is 2. The Balaban J connectivity index is 0.00000205. The molecular weight excluding hydrogens is 344 g/mol. The molecule has 142 valence electrons. The highest BCUT2D eigenvalue weighted by molar-refractivity contribution is 5.85. The van der Waals surface area contributed by atoms with Crippen LogP contribution in [0.1, 0.15) is 18.2 Å². The smallest absolute Gasteiger partial charge is 0.129 e. The van der Waals surface area contributed by atoms with Crippen molar-refractivity contribution in [2.24, 2.45) is 0 Å². The zero-order valence-electron chi connectivity index (χ0n) is 16.2. The number of fused-ring (bicyclic) bond motifs is 1. The molecule has 0 saturated carbocycles. The van der Waals surface area contributed by atoms with Crippen molar-refractivity contribution in [3.63, 3.8) is 0 Å². The molecule has 0 spiro atoms. The minimum Gasteiger partial charge on any atom is -0.354 e. The molecule has 4 nitrogen and oxygen atoms in total. The zero-order chi connectivity index (χ0) is 18.9. The van der Waals surface area contributed by atoms with E-state index in [4.69, 9.17) is 4.98 Å². The summed E-state index contributed by atoms with van der Waals surface area (Å²) >= 11 is 0. The molecule has 0 unspecified atom stereocenters. The number of benzene rings is 1. The molecule has 3 aromatic rings. The van der Waals surface area contributed by atoms with E-state index in [0.29, 0.717) is 0 Å². The van der Waals surface area contributed by atoms with E-state index in [1.54, 1.807) is 0 Å².